The van der Waals surface area contributed by atoms with Gasteiger partial charge in [0.25, 0.3) is 0 Å². The summed E-state index contributed by atoms with van der Waals surface area (Å²) >= 11 is 6.05. The summed E-state index contributed by atoms with van der Waals surface area (Å²) in [4.78, 5) is 10.9. The maximum Gasteiger partial charge on any atom is 0.308 e. The number of ether oxygens (including phenoxy) is 1. The van der Waals surface area contributed by atoms with E-state index in [0.29, 0.717) is 10.8 Å². The van der Waals surface area contributed by atoms with E-state index in [2.05, 4.69) is 0 Å². The van der Waals surface area contributed by atoms with Crippen molar-refractivity contribution in [3.05, 3.63) is 29.4 Å². The van der Waals surface area contributed by atoms with Crippen LogP contribution in [0.25, 0.3) is 10.9 Å². The van der Waals surface area contributed by atoms with Gasteiger partial charge in [-0.2, -0.15) is 0 Å². The molecular formula is C11H10ClNO2. The maximum absolute atomic E-state index is 10.9. The molecule has 0 spiro atoms. The van der Waals surface area contributed by atoms with Crippen molar-refractivity contribution in [3.63, 3.8) is 0 Å². The van der Waals surface area contributed by atoms with Crippen LogP contribution in [0.4, 0.5) is 0 Å². The van der Waals surface area contributed by atoms with E-state index in [9.17, 15) is 4.79 Å². The summed E-state index contributed by atoms with van der Waals surface area (Å²) in [6, 6.07) is 5.56. The summed E-state index contributed by atoms with van der Waals surface area (Å²) in [7, 11) is 1.88. The molecule has 1 aromatic heterocycles. The molecule has 0 saturated carbocycles. The van der Waals surface area contributed by atoms with E-state index in [1.807, 2.05) is 23.7 Å². The zero-order valence-corrected chi connectivity index (χ0v) is 9.21. The van der Waals surface area contributed by atoms with Crippen LogP contribution in [0, 0.1) is 0 Å². The lowest BCUT2D eigenvalue weighted by Crippen LogP contribution is -2.00. The average Bonchev–Trinajstić information content (AvgIpc) is 2.44. The Bertz CT molecular complexity index is 531. The minimum Gasteiger partial charge on any atom is -0.424 e. The number of esters is 1. The zero-order chi connectivity index (χ0) is 11.0. The second-order valence-corrected chi connectivity index (χ2v) is 3.74. The van der Waals surface area contributed by atoms with Crippen molar-refractivity contribution < 1.29 is 9.53 Å². The normalized spacial score (nSPS) is 10.6. The van der Waals surface area contributed by atoms with E-state index in [-0.39, 0.29) is 5.97 Å². The van der Waals surface area contributed by atoms with E-state index in [1.54, 1.807) is 12.3 Å². The molecule has 15 heavy (non-hydrogen) atoms. The van der Waals surface area contributed by atoms with Gasteiger partial charge in [-0.3, -0.25) is 4.79 Å². The summed E-state index contributed by atoms with van der Waals surface area (Å²) in [5, 5.41) is 1.36. The van der Waals surface area contributed by atoms with Gasteiger partial charge in [-0.05, 0) is 12.1 Å². The monoisotopic (exact) mass is 223 g/mol. The number of benzene rings is 1. The fraction of sp³-hybridized carbons (Fsp3) is 0.182. The summed E-state index contributed by atoms with van der Waals surface area (Å²) in [6.07, 6.45) is 1.75. The topological polar surface area (TPSA) is 31.2 Å². The zero-order valence-electron chi connectivity index (χ0n) is 8.45. The molecule has 0 fully saturated rings. The highest BCUT2D eigenvalue weighted by Crippen LogP contribution is 2.33. The number of aryl methyl sites for hydroxylation is 1. The number of fused-ring (bicyclic) bond motifs is 1. The summed E-state index contributed by atoms with van der Waals surface area (Å²) < 4.78 is 6.96. The molecule has 2 rings (SSSR count). The van der Waals surface area contributed by atoms with Crippen molar-refractivity contribution in [1.29, 1.82) is 0 Å². The van der Waals surface area contributed by atoms with Gasteiger partial charge < -0.3 is 9.30 Å². The second kappa shape index (κ2) is 3.59. The van der Waals surface area contributed by atoms with Crippen LogP contribution in [0.15, 0.2) is 24.4 Å². The molecule has 1 aromatic carbocycles. The van der Waals surface area contributed by atoms with Gasteiger partial charge in [-0.15, -0.1) is 0 Å². The van der Waals surface area contributed by atoms with Crippen molar-refractivity contribution >= 4 is 28.5 Å². The average molecular weight is 224 g/mol. The number of nitrogens with zero attached hydrogens (tertiary/aromatic N) is 1. The Morgan fingerprint density at radius 1 is 1.47 bits per heavy atom. The molecule has 0 amide bonds. The van der Waals surface area contributed by atoms with Crippen molar-refractivity contribution in [3.8, 4) is 5.75 Å². The SMILES string of the molecule is CC(=O)Oc1cn(C)c2cccc(Cl)c12. The molecule has 3 nitrogen and oxygen atoms in total. The number of hydrogen-bond donors (Lipinski definition) is 0. The van der Waals surface area contributed by atoms with Gasteiger partial charge in [-0.25, -0.2) is 0 Å². The van der Waals surface area contributed by atoms with Crippen LogP contribution in [-0.4, -0.2) is 10.5 Å². The van der Waals surface area contributed by atoms with Gasteiger partial charge in [0.1, 0.15) is 0 Å². The van der Waals surface area contributed by atoms with Gasteiger partial charge in [0.15, 0.2) is 5.75 Å². The van der Waals surface area contributed by atoms with Crippen LogP contribution >= 0.6 is 11.6 Å². The number of aromatic nitrogens is 1. The molecule has 0 aliphatic carbocycles. The smallest absolute Gasteiger partial charge is 0.308 e. The largest absolute Gasteiger partial charge is 0.424 e. The highest BCUT2D eigenvalue weighted by Gasteiger charge is 2.12. The third kappa shape index (κ3) is 1.70. The molecular weight excluding hydrogens is 214 g/mol. The number of carbonyl (C=O) groups is 1. The Kier molecular flexibility index (Phi) is 2.40. The molecule has 4 heteroatoms. The van der Waals surface area contributed by atoms with E-state index >= 15 is 0 Å². The lowest BCUT2D eigenvalue weighted by atomic mass is 10.2. The quantitative estimate of drug-likeness (QED) is 0.696. The minimum absolute atomic E-state index is 0.345. The predicted octanol–water partition coefficient (Wildman–Crippen LogP) is 2.76. The summed E-state index contributed by atoms with van der Waals surface area (Å²) in [5.74, 6) is 0.160. The van der Waals surface area contributed by atoms with Crippen LogP contribution in [0.1, 0.15) is 6.92 Å². The van der Waals surface area contributed by atoms with Gasteiger partial charge >= 0.3 is 5.97 Å². The van der Waals surface area contributed by atoms with Gasteiger partial charge in [0.05, 0.1) is 15.9 Å². The second-order valence-electron chi connectivity index (χ2n) is 3.33. The Labute approximate surface area is 92.2 Å². The van der Waals surface area contributed by atoms with Crippen LogP contribution < -0.4 is 4.74 Å². The van der Waals surface area contributed by atoms with E-state index in [1.165, 1.54) is 6.92 Å². The molecule has 0 saturated heterocycles. The third-order valence-corrected chi connectivity index (χ3v) is 2.50. The molecule has 0 bridgehead atoms. The molecule has 0 aliphatic rings. The van der Waals surface area contributed by atoms with Gasteiger partial charge in [-0.1, -0.05) is 17.7 Å². The molecule has 0 atom stereocenters. The highest BCUT2D eigenvalue weighted by atomic mass is 35.5. The Hall–Kier alpha value is -1.48. The molecule has 0 radical (unpaired) electrons. The van der Waals surface area contributed by atoms with Crippen molar-refractivity contribution in [2.24, 2.45) is 7.05 Å². The van der Waals surface area contributed by atoms with Crippen molar-refractivity contribution in [2.75, 3.05) is 0 Å². The van der Waals surface area contributed by atoms with E-state index < -0.39 is 0 Å². The van der Waals surface area contributed by atoms with E-state index in [0.717, 1.165) is 10.9 Å². The molecule has 1 heterocycles. The standard InChI is InChI=1S/C11H10ClNO2/c1-7(14)15-10-6-13(2)9-5-3-4-8(12)11(9)10/h3-6H,1-2H3. The fourth-order valence-corrected chi connectivity index (χ4v) is 1.86. The minimum atomic E-state index is -0.345. The molecule has 2 aromatic rings. The van der Waals surface area contributed by atoms with Crippen LogP contribution in [0.5, 0.6) is 5.75 Å². The Morgan fingerprint density at radius 2 is 2.20 bits per heavy atom. The van der Waals surface area contributed by atoms with Crippen molar-refractivity contribution in [2.45, 2.75) is 6.92 Å². The fourth-order valence-electron chi connectivity index (χ4n) is 1.59. The van der Waals surface area contributed by atoms with Crippen LogP contribution in [0.3, 0.4) is 0 Å². The van der Waals surface area contributed by atoms with Gasteiger partial charge in [0, 0.05) is 20.2 Å². The molecule has 0 N–H and O–H groups in total. The first kappa shape index (κ1) is 10.1. The van der Waals surface area contributed by atoms with Crippen molar-refractivity contribution in [1.82, 2.24) is 4.57 Å². The van der Waals surface area contributed by atoms with Crippen LogP contribution in [0.2, 0.25) is 5.02 Å². The Balaban J connectivity index is 2.70. The summed E-state index contributed by atoms with van der Waals surface area (Å²) in [6.45, 7) is 1.37. The number of rotatable bonds is 1. The third-order valence-electron chi connectivity index (χ3n) is 2.18. The first-order valence-electron chi connectivity index (χ1n) is 4.51. The van der Waals surface area contributed by atoms with Gasteiger partial charge in [0.2, 0.25) is 0 Å². The lowest BCUT2D eigenvalue weighted by Gasteiger charge is -1.99. The lowest BCUT2D eigenvalue weighted by molar-refractivity contribution is -0.131. The number of hydrogen-bond acceptors (Lipinski definition) is 2. The van der Waals surface area contributed by atoms with E-state index in [4.69, 9.17) is 16.3 Å². The predicted molar refractivity (Wildman–Crippen MR) is 59.2 cm³/mol. The summed E-state index contributed by atoms with van der Waals surface area (Å²) in [5.41, 5.74) is 0.943. The maximum atomic E-state index is 10.9. The highest BCUT2D eigenvalue weighted by molar-refractivity contribution is 6.36. The molecule has 78 valence electrons. The molecule has 0 aliphatic heterocycles. The first-order valence-corrected chi connectivity index (χ1v) is 4.89. The number of carbonyl (C=O) groups excluding carboxylic acids is 1. The molecule has 0 unspecified atom stereocenters. The van der Waals surface area contributed by atoms with Crippen LogP contribution in [-0.2, 0) is 11.8 Å². The Morgan fingerprint density at radius 3 is 2.87 bits per heavy atom. The first-order chi connectivity index (χ1) is 7.09. The number of halogens is 1.